The largest absolute Gasteiger partial charge is 0.417 e. The molecule has 0 spiro atoms. The van der Waals surface area contributed by atoms with E-state index >= 15 is 0 Å². The molecule has 0 fully saturated rings. The first kappa shape index (κ1) is 13.2. The second kappa shape index (κ2) is 4.82. The van der Waals surface area contributed by atoms with Gasteiger partial charge in [0, 0.05) is 23.7 Å². The summed E-state index contributed by atoms with van der Waals surface area (Å²) in [4.78, 5) is 6.43. The molecule has 0 saturated heterocycles. The Bertz CT molecular complexity index is 699. The van der Waals surface area contributed by atoms with Crippen LogP contribution in [0.1, 0.15) is 11.1 Å². The van der Waals surface area contributed by atoms with Gasteiger partial charge in [-0.2, -0.15) is 18.4 Å². The van der Waals surface area contributed by atoms with Crippen molar-refractivity contribution in [3.8, 4) is 17.3 Å². The van der Waals surface area contributed by atoms with E-state index in [4.69, 9.17) is 17.5 Å². The minimum atomic E-state index is -4.63. The summed E-state index contributed by atoms with van der Waals surface area (Å²) >= 11 is 4.80. The molecule has 0 aliphatic rings. The Morgan fingerprint density at radius 3 is 2.63 bits per heavy atom. The first-order chi connectivity index (χ1) is 8.93. The molecule has 2 rings (SSSR count). The number of aromatic nitrogens is 2. The Morgan fingerprint density at radius 2 is 2.11 bits per heavy atom. The smallest absolute Gasteiger partial charge is 0.345 e. The summed E-state index contributed by atoms with van der Waals surface area (Å²) in [6, 6.07) is 5.54. The summed E-state index contributed by atoms with van der Waals surface area (Å²) in [6.07, 6.45) is -1.72. The first-order valence-electron chi connectivity index (χ1n) is 5.08. The number of aromatic amines is 1. The molecule has 0 aliphatic carbocycles. The van der Waals surface area contributed by atoms with E-state index in [1.54, 1.807) is 12.1 Å². The van der Waals surface area contributed by atoms with E-state index in [1.807, 2.05) is 0 Å². The SMILES string of the molecule is N#Cc1c(C(F)(F)F)cc(-c2cccnc2)[nH]c1=S. The highest BCUT2D eigenvalue weighted by molar-refractivity contribution is 7.71. The van der Waals surface area contributed by atoms with Crippen LogP contribution in [0.15, 0.2) is 30.6 Å². The summed E-state index contributed by atoms with van der Waals surface area (Å²) < 4.78 is 38.4. The third-order valence-electron chi connectivity index (χ3n) is 2.42. The number of nitriles is 1. The van der Waals surface area contributed by atoms with Gasteiger partial charge in [-0.3, -0.25) is 4.98 Å². The van der Waals surface area contributed by atoms with E-state index < -0.39 is 17.3 Å². The lowest BCUT2D eigenvalue weighted by Crippen LogP contribution is -2.09. The van der Waals surface area contributed by atoms with E-state index in [-0.39, 0.29) is 10.3 Å². The van der Waals surface area contributed by atoms with Gasteiger partial charge in [-0.25, -0.2) is 0 Å². The summed E-state index contributed by atoms with van der Waals surface area (Å²) in [6.45, 7) is 0. The number of nitrogens with zero attached hydrogens (tertiary/aromatic N) is 2. The number of halogens is 3. The van der Waals surface area contributed by atoms with Crippen molar-refractivity contribution in [2.24, 2.45) is 0 Å². The topological polar surface area (TPSA) is 52.5 Å². The molecular formula is C12H6F3N3S. The van der Waals surface area contributed by atoms with Crippen molar-refractivity contribution in [2.75, 3.05) is 0 Å². The molecule has 2 aromatic heterocycles. The average molecular weight is 281 g/mol. The van der Waals surface area contributed by atoms with Crippen LogP contribution in [0, 0.1) is 16.0 Å². The van der Waals surface area contributed by atoms with Crippen molar-refractivity contribution in [2.45, 2.75) is 6.18 Å². The van der Waals surface area contributed by atoms with Crippen molar-refractivity contribution >= 4 is 12.2 Å². The standard InChI is InChI=1S/C12H6F3N3S/c13-12(14,15)9-4-10(7-2-1-3-17-6-7)18-11(19)8(9)5-16/h1-4,6H,(H,18,19). The van der Waals surface area contributed by atoms with Crippen LogP contribution in [0.25, 0.3) is 11.3 Å². The Hall–Kier alpha value is -2.20. The summed E-state index contributed by atoms with van der Waals surface area (Å²) in [7, 11) is 0. The number of hydrogen-bond acceptors (Lipinski definition) is 3. The predicted molar refractivity (Wildman–Crippen MR) is 64.6 cm³/mol. The molecule has 0 amide bonds. The van der Waals surface area contributed by atoms with Gasteiger partial charge < -0.3 is 4.98 Å². The van der Waals surface area contributed by atoms with Crippen LogP contribution >= 0.6 is 12.2 Å². The zero-order valence-corrected chi connectivity index (χ0v) is 10.1. The van der Waals surface area contributed by atoms with Crippen molar-refractivity contribution in [3.63, 3.8) is 0 Å². The van der Waals surface area contributed by atoms with Crippen LogP contribution in [0.3, 0.4) is 0 Å². The minimum Gasteiger partial charge on any atom is -0.345 e. The first-order valence-corrected chi connectivity index (χ1v) is 5.49. The molecule has 96 valence electrons. The van der Waals surface area contributed by atoms with Crippen LogP contribution in [-0.4, -0.2) is 9.97 Å². The van der Waals surface area contributed by atoms with Crippen LogP contribution in [0.5, 0.6) is 0 Å². The molecule has 2 aromatic rings. The molecule has 0 unspecified atom stereocenters. The fraction of sp³-hybridized carbons (Fsp3) is 0.0833. The highest BCUT2D eigenvalue weighted by Crippen LogP contribution is 2.34. The van der Waals surface area contributed by atoms with Crippen molar-refractivity contribution in [1.29, 1.82) is 5.26 Å². The van der Waals surface area contributed by atoms with Crippen LogP contribution < -0.4 is 0 Å². The number of alkyl halides is 3. The normalized spacial score (nSPS) is 11.1. The molecule has 0 aliphatic heterocycles. The number of nitrogens with one attached hydrogen (secondary N) is 1. The van der Waals surface area contributed by atoms with Gasteiger partial charge in [-0.05, 0) is 18.2 Å². The van der Waals surface area contributed by atoms with Gasteiger partial charge in [0.25, 0.3) is 0 Å². The fourth-order valence-electron chi connectivity index (χ4n) is 1.57. The maximum absolute atomic E-state index is 12.9. The van der Waals surface area contributed by atoms with Gasteiger partial charge >= 0.3 is 6.18 Å². The molecule has 2 heterocycles. The molecule has 19 heavy (non-hydrogen) atoms. The Morgan fingerprint density at radius 1 is 1.37 bits per heavy atom. The average Bonchev–Trinajstić information content (AvgIpc) is 2.37. The van der Waals surface area contributed by atoms with Crippen LogP contribution in [0.4, 0.5) is 13.2 Å². The molecule has 0 saturated carbocycles. The third-order valence-corrected chi connectivity index (χ3v) is 2.73. The molecule has 7 heteroatoms. The van der Waals surface area contributed by atoms with Crippen LogP contribution in [-0.2, 0) is 6.18 Å². The number of H-pyrrole nitrogens is 1. The highest BCUT2D eigenvalue weighted by atomic mass is 32.1. The van der Waals surface area contributed by atoms with E-state index in [1.165, 1.54) is 18.5 Å². The lowest BCUT2D eigenvalue weighted by Gasteiger charge is -2.11. The molecule has 0 aromatic carbocycles. The van der Waals surface area contributed by atoms with E-state index in [9.17, 15) is 13.2 Å². The predicted octanol–water partition coefficient (Wildman–Crippen LogP) is 3.70. The van der Waals surface area contributed by atoms with Gasteiger partial charge in [-0.1, -0.05) is 12.2 Å². The van der Waals surface area contributed by atoms with Crippen molar-refractivity contribution in [1.82, 2.24) is 9.97 Å². The molecule has 0 bridgehead atoms. The van der Waals surface area contributed by atoms with Crippen molar-refractivity contribution in [3.05, 3.63) is 46.4 Å². The fourth-order valence-corrected chi connectivity index (χ4v) is 1.84. The van der Waals surface area contributed by atoms with E-state index in [0.717, 1.165) is 6.07 Å². The zero-order valence-electron chi connectivity index (χ0n) is 9.32. The summed E-state index contributed by atoms with van der Waals surface area (Å²) in [5, 5.41) is 8.78. The summed E-state index contributed by atoms with van der Waals surface area (Å²) in [5.41, 5.74) is -0.985. The molecule has 0 radical (unpaired) electrons. The minimum absolute atomic E-state index is 0.171. The summed E-state index contributed by atoms with van der Waals surface area (Å²) in [5.74, 6) is 0. The third kappa shape index (κ3) is 2.63. The highest BCUT2D eigenvalue weighted by Gasteiger charge is 2.34. The van der Waals surface area contributed by atoms with Gasteiger partial charge in [0.15, 0.2) is 0 Å². The monoisotopic (exact) mass is 281 g/mol. The lowest BCUT2D eigenvalue weighted by atomic mass is 10.1. The van der Waals surface area contributed by atoms with Gasteiger partial charge in [0.05, 0.1) is 11.1 Å². The Balaban J connectivity index is 2.72. The van der Waals surface area contributed by atoms with E-state index in [0.29, 0.717) is 5.56 Å². The molecule has 1 N–H and O–H groups in total. The lowest BCUT2D eigenvalue weighted by molar-refractivity contribution is -0.137. The molecule has 0 atom stereocenters. The maximum Gasteiger partial charge on any atom is 0.417 e. The number of rotatable bonds is 1. The number of hydrogen-bond donors (Lipinski definition) is 1. The van der Waals surface area contributed by atoms with Crippen molar-refractivity contribution < 1.29 is 13.2 Å². The number of pyridine rings is 2. The second-order valence-electron chi connectivity index (χ2n) is 3.65. The Labute approximate surface area is 111 Å². The van der Waals surface area contributed by atoms with Gasteiger partial charge in [0.1, 0.15) is 10.7 Å². The Kier molecular flexibility index (Phi) is 3.36. The maximum atomic E-state index is 12.9. The quantitative estimate of drug-likeness (QED) is 0.811. The van der Waals surface area contributed by atoms with E-state index in [2.05, 4.69) is 9.97 Å². The second-order valence-corrected chi connectivity index (χ2v) is 4.06. The van der Waals surface area contributed by atoms with Crippen LogP contribution in [0.2, 0.25) is 0 Å². The zero-order chi connectivity index (χ0) is 14.0. The van der Waals surface area contributed by atoms with Gasteiger partial charge in [-0.15, -0.1) is 0 Å². The van der Waals surface area contributed by atoms with Gasteiger partial charge in [0.2, 0.25) is 0 Å². The molecule has 3 nitrogen and oxygen atoms in total. The molecular weight excluding hydrogens is 275 g/mol.